The van der Waals surface area contributed by atoms with E-state index in [0.29, 0.717) is 19.0 Å². The van der Waals surface area contributed by atoms with Gasteiger partial charge in [-0.05, 0) is 31.2 Å². The number of piperidine rings is 1. The van der Waals surface area contributed by atoms with Crippen molar-refractivity contribution in [2.45, 2.75) is 32.2 Å². The maximum absolute atomic E-state index is 12.8. The van der Waals surface area contributed by atoms with Gasteiger partial charge in [0.25, 0.3) is 0 Å². The van der Waals surface area contributed by atoms with Crippen LogP contribution in [0.4, 0.5) is 0 Å². The summed E-state index contributed by atoms with van der Waals surface area (Å²) in [5.41, 5.74) is 6.13. The van der Waals surface area contributed by atoms with E-state index in [1.54, 1.807) is 6.92 Å². The Hall–Kier alpha value is -1.88. The first kappa shape index (κ1) is 16.5. The second-order valence-electron chi connectivity index (χ2n) is 6.26. The average molecular weight is 303 g/mol. The van der Waals surface area contributed by atoms with Crippen molar-refractivity contribution >= 4 is 11.8 Å². The Kier molecular flexibility index (Phi) is 5.19. The van der Waals surface area contributed by atoms with E-state index in [1.165, 1.54) is 6.92 Å². The van der Waals surface area contributed by atoms with Crippen LogP contribution in [0.1, 0.15) is 32.3 Å². The lowest BCUT2D eigenvalue weighted by atomic mass is 9.89. The van der Waals surface area contributed by atoms with Crippen molar-refractivity contribution in [3.05, 3.63) is 35.9 Å². The maximum Gasteiger partial charge on any atom is 0.246 e. The van der Waals surface area contributed by atoms with Gasteiger partial charge in [0.1, 0.15) is 5.54 Å². The molecule has 2 atom stereocenters. The summed E-state index contributed by atoms with van der Waals surface area (Å²) in [5, 5.41) is 2.84. The molecule has 2 rings (SSSR count). The molecule has 120 valence electrons. The van der Waals surface area contributed by atoms with Gasteiger partial charge in [-0.25, -0.2) is 0 Å². The fraction of sp³-hybridized carbons (Fsp3) is 0.529. The predicted octanol–water partition coefficient (Wildman–Crippen LogP) is 1.24. The minimum Gasteiger partial charge on any atom is -0.356 e. The van der Waals surface area contributed by atoms with Crippen LogP contribution in [-0.4, -0.2) is 36.3 Å². The second kappa shape index (κ2) is 6.92. The number of nitrogens with two attached hydrogens (primary N) is 1. The lowest BCUT2D eigenvalue weighted by Gasteiger charge is -2.37. The number of hydrogen-bond acceptors (Lipinski definition) is 3. The highest BCUT2D eigenvalue weighted by Crippen LogP contribution is 2.24. The highest BCUT2D eigenvalue weighted by Gasteiger charge is 2.36. The zero-order valence-corrected chi connectivity index (χ0v) is 13.3. The number of nitrogens with zero attached hydrogens (tertiary/aromatic N) is 1. The number of benzene rings is 1. The Bertz CT molecular complexity index is 528. The second-order valence-corrected chi connectivity index (χ2v) is 6.26. The molecule has 0 bridgehead atoms. The van der Waals surface area contributed by atoms with Gasteiger partial charge in [0.05, 0.1) is 0 Å². The van der Waals surface area contributed by atoms with Crippen LogP contribution >= 0.6 is 0 Å². The van der Waals surface area contributed by atoms with Crippen LogP contribution in [0.25, 0.3) is 0 Å². The molecule has 2 unspecified atom stereocenters. The third-order valence-corrected chi connectivity index (χ3v) is 4.26. The van der Waals surface area contributed by atoms with Crippen molar-refractivity contribution in [2.24, 2.45) is 11.7 Å². The number of likely N-dealkylation sites (tertiary alicyclic amines) is 1. The molecule has 1 aromatic carbocycles. The Morgan fingerprint density at radius 1 is 1.36 bits per heavy atom. The summed E-state index contributed by atoms with van der Waals surface area (Å²) in [6.07, 6.45) is 1.97. The van der Waals surface area contributed by atoms with Gasteiger partial charge >= 0.3 is 0 Å². The van der Waals surface area contributed by atoms with Gasteiger partial charge in [0.2, 0.25) is 11.8 Å². The third kappa shape index (κ3) is 3.85. The Morgan fingerprint density at radius 3 is 2.68 bits per heavy atom. The van der Waals surface area contributed by atoms with E-state index in [0.717, 1.165) is 24.9 Å². The molecule has 22 heavy (non-hydrogen) atoms. The summed E-state index contributed by atoms with van der Waals surface area (Å²) in [7, 11) is 0. The number of hydrogen-bond donors (Lipinski definition) is 2. The summed E-state index contributed by atoms with van der Waals surface area (Å²) in [6, 6.07) is 9.47. The first-order chi connectivity index (χ1) is 10.4. The molecular weight excluding hydrogens is 278 g/mol. The summed E-state index contributed by atoms with van der Waals surface area (Å²) < 4.78 is 0. The number of amides is 2. The standard InChI is InChI=1S/C17H25N3O2/c1-13(21)19-11-14-7-6-10-20(12-14)16(22)17(2,18)15-8-4-3-5-9-15/h3-5,8-9,14H,6-7,10-12,18H2,1-2H3,(H,19,21). The van der Waals surface area contributed by atoms with Gasteiger partial charge in [-0.1, -0.05) is 30.3 Å². The summed E-state index contributed by atoms with van der Waals surface area (Å²) >= 11 is 0. The van der Waals surface area contributed by atoms with Crippen molar-refractivity contribution in [1.82, 2.24) is 10.2 Å². The van der Waals surface area contributed by atoms with Crippen molar-refractivity contribution in [1.29, 1.82) is 0 Å². The largest absolute Gasteiger partial charge is 0.356 e. The molecule has 5 heteroatoms. The highest BCUT2D eigenvalue weighted by atomic mass is 16.2. The first-order valence-electron chi connectivity index (χ1n) is 7.79. The number of carbonyl (C=O) groups is 2. The van der Waals surface area contributed by atoms with Crippen LogP contribution in [0.15, 0.2) is 30.3 Å². The van der Waals surface area contributed by atoms with Gasteiger partial charge in [0, 0.05) is 26.6 Å². The van der Waals surface area contributed by atoms with Gasteiger partial charge in [-0.15, -0.1) is 0 Å². The quantitative estimate of drug-likeness (QED) is 0.878. The van der Waals surface area contributed by atoms with E-state index in [4.69, 9.17) is 5.73 Å². The molecular formula is C17H25N3O2. The molecule has 2 amide bonds. The minimum atomic E-state index is -1.02. The van der Waals surface area contributed by atoms with Crippen LogP contribution in [-0.2, 0) is 15.1 Å². The molecule has 1 heterocycles. The van der Waals surface area contributed by atoms with Gasteiger partial charge in [-0.2, -0.15) is 0 Å². The van der Waals surface area contributed by atoms with Crippen LogP contribution < -0.4 is 11.1 Å². The van der Waals surface area contributed by atoms with Crippen LogP contribution in [0.3, 0.4) is 0 Å². The Balaban J connectivity index is 2.03. The summed E-state index contributed by atoms with van der Waals surface area (Å²) in [5.74, 6) is 0.218. The molecule has 3 N–H and O–H groups in total. The SMILES string of the molecule is CC(=O)NCC1CCCN(C(=O)C(C)(N)c2ccccc2)C1. The average Bonchev–Trinajstić information content (AvgIpc) is 2.53. The highest BCUT2D eigenvalue weighted by molar-refractivity contribution is 5.87. The smallest absolute Gasteiger partial charge is 0.246 e. The van der Waals surface area contributed by atoms with Gasteiger partial charge < -0.3 is 16.0 Å². The molecule has 0 saturated carbocycles. The monoisotopic (exact) mass is 303 g/mol. The van der Waals surface area contributed by atoms with E-state index in [-0.39, 0.29) is 11.8 Å². The number of nitrogens with one attached hydrogen (secondary N) is 1. The summed E-state index contributed by atoms with van der Waals surface area (Å²) in [6.45, 7) is 5.28. The maximum atomic E-state index is 12.8. The predicted molar refractivity (Wildman–Crippen MR) is 86.0 cm³/mol. The number of carbonyl (C=O) groups excluding carboxylic acids is 2. The molecule has 0 radical (unpaired) electrons. The lowest BCUT2D eigenvalue weighted by molar-refractivity contribution is -0.138. The fourth-order valence-electron chi connectivity index (χ4n) is 2.94. The van der Waals surface area contributed by atoms with Crippen LogP contribution in [0.2, 0.25) is 0 Å². The minimum absolute atomic E-state index is 0.0311. The molecule has 1 saturated heterocycles. The molecule has 1 aliphatic rings. The van der Waals surface area contributed by atoms with E-state index < -0.39 is 5.54 Å². The molecule has 1 fully saturated rings. The normalized spacial score (nSPS) is 21.0. The molecule has 0 spiro atoms. The lowest BCUT2D eigenvalue weighted by Crippen LogP contribution is -2.54. The van der Waals surface area contributed by atoms with Crippen LogP contribution in [0, 0.1) is 5.92 Å². The third-order valence-electron chi connectivity index (χ3n) is 4.26. The first-order valence-corrected chi connectivity index (χ1v) is 7.79. The number of rotatable bonds is 4. The fourth-order valence-corrected chi connectivity index (χ4v) is 2.94. The van der Waals surface area contributed by atoms with E-state index >= 15 is 0 Å². The van der Waals surface area contributed by atoms with Crippen molar-refractivity contribution in [3.63, 3.8) is 0 Å². The van der Waals surface area contributed by atoms with Crippen molar-refractivity contribution in [3.8, 4) is 0 Å². The van der Waals surface area contributed by atoms with Crippen LogP contribution in [0.5, 0.6) is 0 Å². The Labute approximate surface area is 131 Å². The molecule has 0 aromatic heterocycles. The molecule has 1 aliphatic heterocycles. The zero-order chi connectivity index (χ0) is 16.2. The summed E-state index contributed by atoms with van der Waals surface area (Å²) in [4.78, 5) is 25.7. The van der Waals surface area contributed by atoms with Crippen molar-refractivity contribution < 1.29 is 9.59 Å². The van der Waals surface area contributed by atoms with E-state index in [9.17, 15) is 9.59 Å². The molecule has 1 aromatic rings. The van der Waals surface area contributed by atoms with Crippen molar-refractivity contribution in [2.75, 3.05) is 19.6 Å². The Morgan fingerprint density at radius 2 is 2.05 bits per heavy atom. The topological polar surface area (TPSA) is 75.4 Å². The molecule has 0 aliphatic carbocycles. The molecule has 5 nitrogen and oxygen atoms in total. The van der Waals surface area contributed by atoms with E-state index in [1.807, 2.05) is 35.2 Å². The van der Waals surface area contributed by atoms with Gasteiger partial charge in [0.15, 0.2) is 0 Å². The zero-order valence-electron chi connectivity index (χ0n) is 13.3. The van der Waals surface area contributed by atoms with E-state index in [2.05, 4.69) is 5.32 Å². The van der Waals surface area contributed by atoms with Gasteiger partial charge in [-0.3, -0.25) is 9.59 Å².